The number of aromatic nitrogens is 2. The van der Waals surface area contributed by atoms with Crippen LogP contribution in [0.25, 0.3) is 0 Å². The van der Waals surface area contributed by atoms with Gasteiger partial charge in [-0.2, -0.15) is 4.98 Å². The summed E-state index contributed by atoms with van der Waals surface area (Å²) in [6.45, 7) is 16.3. The third kappa shape index (κ3) is 16.3. The lowest BCUT2D eigenvalue weighted by atomic mass is 9.96. The van der Waals surface area contributed by atoms with Gasteiger partial charge in [-0.1, -0.05) is 70.1 Å². The number of rotatable bonds is 19. The van der Waals surface area contributed by atoms with Crippen LogP contribution < -0.4 is 4.74 Å². The first-order valence-corrected chi connectivity index (χ1v) is 18.1. The molecule has 2 unspecified atom stereocenters. The number of benzene rings is 2. The Bertz CT molecular complexity index is 1780. The standard InChI is InChI=1S/C17H25N3O.C14H18N2O7.C6H8O7/c1-4-15(14-10-8-7-9-11-14)17-18-16(21-19-17)12-13-20(5-2)6-3;1-5-9(4)11-6-10(15(18)19)7-12(16(20)21)13(11)23-14(17)22-8(2)3;7-3(8)1-6(13,5(11)12)2-4(9)10/h7-11,15H,4-6,12-13H2,1-3H3;6-9H,5H2,1-4H3;13H,1-2H2,(H,7,8)(H,9,10)(H,11,12). The third-order valence-corrected chi connectivity index (χ3v) is 8.38. The van der Waals surface area contributed by atoms with Crippen LogP contribution in [0.1, 0.15) is 109 Å². The number of hydrogen-bond acceptors (Lipinski definition) is 15. The highest BCUT2D eigenvalue weighted by Gasteiger charge is 2.40. The maximum absolute atomic E-state index is 11.7. The van der Waals surface area contributed by atoms with E-state index in [0.717, 1.165) is 50.3 Å². The van der Waals surface area contributed by atoms with Crippen LogP contribution in [-0.4, -0.2) is 101 Å². The number of carbonyl (C=O) groups excluding carboxylic acids is 1. The van der Waals surface area contributed by atoms with Crippen molar-refractivity contribution in [2.45, 2.75) is 104 Å². The SMILES string of the molecule is CCC(C)c1cc([N+](=O)[O-])cc([N+](=O)[O-])c1OC(=O)OC(C)C.CCC(c1ccccc1)c1noc(CCN(CC)CC)n1.O=C(O)CC(O)(CC(=O)O)C(=O)O. The van der Waals surface area contributed by atoms with Gasteiger partial charge in [0.15, 0.2) is 11.4 Å². The van der Waals surface area contributed by atoms with Crippen molar-refractivity contribution >= 4 is 35.4 Å². The molecule has 4 N–H and O–H groups in total. The van der Waals surface area contributed by atoms with Crippen LogP contribution >= 0.6 is 0 Å². The minimum Gasteiger partial charge on any atom is -0.481 e. The molecule has 3 aromatic rings. The summed E-state index contributed by atoms with van der Waals surface area (Å²) in [6.07, 6.45) is -1.51. The predicted octanol–water partition coefficient (Wildman–Crippen LogP) is 6.19. The fraction of sp³-hybridized carbons (Fsp3) is 0.514. The summed E-state index contributed by atoms with van der Waals surface area (Å²) in [6, 6.07) is 12.3. The monoisotopic (exact) mass is 805 g/mol. The number of nitrogens with zero attached hydrogens (tertiary/aromatic N) is 5. The average Bonchev–Trinajstić information content (AvgIpc) is 3.60. The first kappa shape index (κ1) is 49.0. The molecule has 0 aliphatic heterocycles. The van der Waals surface area contributed by atoms with E-state index < -0.39 is 69.8 Å². The Balaban J connectivity index is 0.000000445. The first-order chi connectivity index (χ1) is 26.7. The molecule has 2 aromatic carbocycles. The van der Waals surface area contributed by atoms with Gasteiger partial charge in [0.25, 0.3) is 5.69 Å². The van der Waals surface area contributed by atoms with Gasteiger partial charge >= 0.3 is 29.8 Å². The van der Waals surface area contributed by atoms with E-state index in [4.69, 9.17) is 34.4 Å². The molecule has 3 rings (SSSR count). The fourth-order valence-corrected chi connectivity index (χ4v) is 5.13. The van der Waals surface area contributed by atoms with Crippen molar-refractivity contribution in [2.75, 3.05) is 19.6 Å². The molecule has 2 atom stereocenters. The lowest BCUT2D eigenvalue weighted by Gasteiger charge is -2.18. The summed E-state index contributed by atoms with van der Waals surface area (Å²) in [7, 11) is 0. The van der Waals surface area contributed by atoms with E-state index in [2.05, 4.69) is 60.1 Å². The Morgan fingerprint density at radius 2 is 1.47 bits per heavy atom. The second kappa shape index (κ2) is 23.8. The van der Waals surface area contributed by atoms with Gasteiger partial charge < -0.3 is 39.3 Å². The molecule has 0 saturated heterocycles. The van der Waals surface area contributed by atoms with E-state index in [0.29, 0.717) is 6.42 Å². The molecule has 0 amide bonds. The van der Waals surface area contributed by atoms with E-state index in [9.17, 15) is 39.4 Å². The maximum atomic E-state index is 11.7. The molecule has 57 heavy (non-hydrogen) atoms. The quantitative estimate of drug-likeness (QED) is 0.0454. The van der Waals surface area contributed by atoms with Gasteiger partial charge in [-0.15, -0.1) is 0 Å². The number of carboxylic acid groups (broad SMARTS) is 3. The summed E-state index contributed by atoms with van der Waals surface area (Å²) >= 11 is 0. The minimum atomic E-state index is -2.74. The molecule has 1 heterocycles. The number of aliphatic carboxylic acids is 3. The highest BCUT2D eigenvalue weighted by atomic mass is 16.7. The Labute approximate surface area is 328 Å². The minimum absolute atomic E-state index is 0.217. The van der Waals surface area contributed by atoms with Crippen molar-refractivity contribution in [3.05, 3.63) is 85.5 Å². The molecule has 0 bridgehead atoms. The van der Waals surface area contributed by atoms with Crippen molar-refractivity contribution in [2.24, 2.45) is 0 Å². The molecule has 0 radical (unpaired) electrons. The normalized spacial score (nSPS) is 12.0. The van der Waals surface area contributed by atoms with E-state index in [-0.39, 0.29) is 23.1 Å². The summed E-state index contributed by atoms with van der Waals surface area (Å²) < 4.78 is 15.2. The van der Waals surface area contributed by atoms with Crippen molar-refractivity contribution in [1.82, 2.24) is 15.0 Å². The van der Waals surface area contributed by atoms with Gasteiger partial charge in [0.2, 0.25) is 11.6 Å². The van der Waals surface area contributed by atoms with Gasteiger partial charge in [-0.25, -0.2) is 9.59 Å². The molecule has 0 saturated carbocycles. The number of non-ortho nitro benzene ring substituents is 1. The van der Waals surface area contributed by atoms with E-state index >= 15 is 0 Å². The lowest BCUT2D eigenvalue weighted by molar-refractivity contribution is -0.394. The van der Waals surface area contributed by atoms with E-state index in [1.807, 2.05) is 13.0 Å². The van der Waals surface area contributed by atoms with Crippen LogP contribution in [0, 0.1) is 20.2 Å². The zero-order valence-electron chi connectivity index (χ0n) is 32.9. The van der Waals surface area contributed by atoms with Crippen LogP contribution in [0.15, 0.2) is 47.0 Å². The van der Waals surface area contributed by atoms with Crippen molar-refractivity contribution in [1.29, 1.82) is 0 Å². The molecular weight excluding hydrogens is 754 g/mol. The molecule has 20 heteroatoms. The van der Waals surface area contributed by atoms with Gasteiger partial charge in [0.1, 0.15) is 0 Å². The second-order valence-corrected chi connectivity index (χ2v) is 12.9. The largest absolute Gasteiger partial charge is 0.514 e. The molecule has 0 aliphatic rings. The summed E-state index contributed by atoms with van der Waals surface area (Å²) in [5.74, 6) is -3.85. The second-order valence-electron chi connectivity index (χ2n) is 12.9. The van der Waals surface area contributed by atoms with Crippen LogP contribution in [-0.2, 0) is 25.5 Å². The Morgan fingerprint density at radius 3 is 1.91 bits per heavy atom. The van der Waals surface area contributed by atoms with Crippen molar-refractivity contribution in [3.63, 3.8) is 0 Å². The molecule has 1 aromatic heterocycles. The number of nitro groups is 2. The number of nitro benzene ring substituents is 2. The van der Waals surface area contributed by atoms with Gasteiger partial charge in [-0.3, -0.25) is 29.8 Å². The van der Waals surface area contributed by atoms with E-state index in [1.54, 1.807) is 20.8 Å². The van der Waals surface area contributed by atoms with Gasteiger partial charge in [0.05, 0.1) is 34.9 Å². The number of likely N-dealkylation sites (N-methyl/N-ethyl adjacent to an activating group) is 1. The number of aliphatic hydroxyl groups is 1. The maximum Gasteiger partial charge on any atom is 0.514 e. The highest BCUT2D eigenvalue weighted by Crippen LogP contribution is 2.40. The van der Waals surface area contributed by atoms with Crippen molar-refractivity contribution < 1.29 is 63.4 Å². The Hall–Kier alpha value is -6.02. The van der Waals surface area contributed by atoms with E-state index in [1.165, 1.54) is 11.6 Å². The predicted molar refractivity (Wildman–Crippen MR) is 202 cm³/mol. The van der Waals surface area contributed by atoms with Crippen LogP contribution in [0.3, 0.4) is 0 Å². The van der Waals surface area contributed by atoms with Crippen LogP contribution in [0.4, 0.5) is 16.2 Å². The summed E-state index contributed by atoms with van der Waals surface area (Å²) in [5, 5.41) is 60.2. The summed E-state index contributed by atoms with van der Waals surface area (Å²) in [5.41, 5.74) is -2.35. The number of carbonyl (C=O) groups is 4. The molecule has 0 aliphatic carbocycles. The average molecular weight is 806 g/mol. The molecule has 314 valence electrons. The first-order valence-electron chi connectivity index (χ1n) is 18.1. The Morgan fingerprint density at radius 1 is 0.895 bits per heavy atom. The fourth-order valence-electron chi connectivity index (χ4n) is 5.13. The number of ether oxygens (including phenoxy) is 2. The van der Waals surface area contributed by atoms with Gasteiger partial charge in [0, 0.05) is 30.5 Å². The highest BCUT2D eigenvalue weighted by molar-refractivity contribution is 5.88. The zero-order chi connectivity index (χ0) is 43.5. The third-order valence-electron chi connectivity index (χ3n) is 8.38. The summed E-state index contributed by atoms with van der Waals surface area (Å²) in [4.78, 5) is 69.7. The van der Waals surface area contributed by atoms with Crippen molar-refractivity contribution in [3.8, 4) is 5.75 Å². The lowest BCUT2D eigenvalue weighted by Crippen LogP contribution is -2.42. The topological polar surface area (TPSA) is 296 Å². The van der Waals surface area contributed by atoms with Crippen LogP contribution in [0.5, 0.6) is 5.75 Å². The molecule has 0 spiro atoms. The number of hydrogen-bond donors (Lipinski definition) is 4. The smallest absolute Gasteiger partial charge is 0.481 e. The number of carboxylic acids is 3. The molecular formula is C37H51N5O15. The molecule has 0 fully saturated rings. The zero-order valence-corrected chi connectivity index (χ0v) is 32.9. The molecule has 20 nitrogen and oxygen atoms in total. The Kier molecular flexibility index (Phi) is 20.5. The van der Waals surface area contributed by atoms with Crippen LogP contribution in [0.2, 0.25) is 0 Å². The van der Waals surface area contributed by atoms with Gasteiger partial charge in [-0.05, 0) is 51.3 Å².